The molecule has 0 aliphatic rings. The molecule has 0 unspecified atom stereocenters. The van der Waals surface area contributed by atoms with Crippen LogP contribution in [0.4, 0.5) is 4.39 Å². The minimum absolute atomic E-state index is 0.258. The Kier molecular flexibility index (Phi) is 5.70. The maximum Gasteiger partial charge on any atom is 0.125 e. The summed E-state index contributed by atoms with van der Waals surface area (Å²) < 4.78 is 13.2. The van der Waals surface area contributed by atoms with E-state index in [9.17, 15) is 4.39 Å². The third-order valence-electron chi connectivity index (χ3n) is 1.86. The van der Waals surface area contributed by atoms with E-state index < -0.39 is 5.82 Å². The molecule has 1 aromatic rings. The molecule has 0 atom stereocenters. The van der Waals surface area contributed by atoms with Crippen molar-refractivity contribution in [3.63, 3.8) is 0 Å². The fourth-order valence-electron chi connectivity index (χ4n) is 1.21. The lowest BCUT2D eigenvalue weighted by molar-refractivity contribution is 0.627. The third kappa shape index (κ3) is 4.45. The molecule has 0 radical (unpaired) electrons. The van der Waals surface area contributed by atoms with E-state index in [0.717, 1.165) is 0 Å². The average Bonchev–Trinajstić information content (AvgIpc) is 2.36. The standard InChI is InChI=1S/C14H11FN2S/c1-3-17-14(10-18-2)5-4-11-6-12(9-16)8-13(15)7-11/h3,6-8,10H,1-2H3/b14-10-,17-3?. The van der Waals surface area contributed by atoms with Crippen LogP contribution in [0.15, 0.2) is 34.3 Å². The van der Waals surface area contributed by atoms with Gasteiger partial charge in [0.1, 0.15) is 11.5 Å². The van der Waals surface area contributed by atoms with Crippen LogP contribution < -0.4 is 0 Å². The van der Waals surface area contributed by atoms with Crippen molar-refractivity contribution < 1.29 is 4.39 Å². The quantitative estimate of drug-likeness (QED) is 0.602. The first-order chi connectivity index (χ1) is 8.69. The Balaban J connectivity index is 3.08. The van der Waals surface area contributed by atoms with Gasteiger partial charge in [0.2, 0.25) is 0 Å². The van der Waals surface area contributed by atoms with E-state index in [1.807, 2.05) is 12.3 Å². The lowest BCUT2D eigenvalue weighted by Gasteiger charge is -1.93. The van der Waals surface area contributed by atoms with Gasteiger partial charge in [-0.15, -0.1) is 11.8 Å². The predicted molar refractivity (Wildman–Crippen MR) is 73.8 cm³/mol. The van der Waals surface area contributed by atoms with E-state index in [0.29, 0.717) is 11.3 Å². The van der Waals surface area contributed by atoms with Crippen molar-refractivity contribution in [2.75, 3.05) is 6.26 Å². The van der Waals surface area contributed by atoms with Gasteiger partial charge in [-0.3, -0.25) is 4.99 Å². The molecule has 0 spiro atoms. The fraction of sp³-hybridized carbons (Fsp3) is 0.143. The second kappa shape index (κ2) is 7.32. The van der Waals surface area contributed by atoms with Crippen molar-refractivity contribution in [3.05, 3.63) is 46.2 Å². The number of rotatable bonds is 2. The molecule has 0 aliphatic carbocycles. The number of hydrogen-bond acceptors (Lipinski definition) is 3. The summed E-state index contributed by atoms with van der Waals surface area (Å²) in [5.74, 6) is 5.16. The number of halogens is 1. The van der Waals surface area contributed by atoms with E-state index in [-0.39, 0.29) is 5.56 Å². The smallest absolute Gasteiger partial charge is 0.125 e. The molecular formula is C14H11FN2S. The van der Waals surface area contributed by atoms with Crippen LogP contribution in [-0.2, 0) is 0 Å². The van der Waals surface area contributed by atoms with Gasteiger partial charge in [-0.2, -0.15) is 5.26 Å². The summed E-state index contributed by atoms with van der Waals surface area (Å²) in [7, 11) is 0. The van der Waals surface area contributed by atoms with Gasteiger partial charge in [-0.25, -0.2) is 4.39 Å². The zero-order valence-electron chi connectivity index (χ0n) is 10.1. The van der Waals surface area contributed by atoms with Gasteiger partial charge in [0, 0.05) is 17.2 Å². The third-order valence-corrected chi connectivity index (χ3v) is 2.32. The molecule has 0 N–H and O–H groups in total. The van der Waals surface area contributed by atoms with Gasteiger partial charge in [-0.1, -0.05) is 5.92 Å². The highest BCUT2D eigenvalue weighted by Gasteiger charge is 1.97. The zero-order chi connectivity index (χ0) is 13.4. The number of benzene rings is 1. The Bertz CT molecular complexity index is 586. The SMILES string of the molecule is CC=N/C(C#Cc1cc(F)cc(C#N)c1)=C\SC. The molecule has 90 valence electrons. The van der Waals surface area contributed by atoms with E-state index in [1.165, 1.54) is 23.9 Å². The summed E-state index contributed by atoms with van der Waals surface area (Å²) in [6.07, 6.45) is 3.55. The van der Waals surface area contributed by atoms with Crippen LogP contribution in [0.3, 0.4) is 0 Å². The van der Waals surface area contributed by atoms with Gasteiger partial charge >= 0.3 is 0 Å². The Labute approximate surface area is 110 Å². The first kappa shape index (κ1) is 14.0. The summed E-state index contributed by atoms with van der Waals surface area (Å²) in [6.45, 7) is 1.80. The van der Waals surface area contributed by atoms with Gasteiger partial charge in [0.25, 0.3) is 0 Å². The Hall–Kier alpha value is -2.04. The van der Waals surface area contributed by atoms with E-state index in [2.05, 4.69) is 16.8 Å². The van der Waals surface area contributed by atoms with Gasteiger partial charge in [0.15, 0.2) is 0 Å². The van der Waals surface area contributed by atoms with E-state index in [4.69, 9.17) is 5.26 Å². The predicted octanol–water partition coefficient (Wildman–Crippen LogP) is 3.34. The Morgan fingerprint density at radius 2 is 2.11 bits per heavy atom. The number of nitrogens with zero attached hydrogens (tertiary/aromatic N) is 2. The summed E-state index contributed by atoms with van der Waals surface area (Å²) in [6, 6.07) is 5.90. The zero-order valence-corrected chi connectivity index (χ0v) is 10.9. The molecule has 0 fully saturated rings. The molecule has 4 heteroatoms. The second-order valence-corrected chi connectivity index (χ2v) is 3.92. The van der Waals surface area contributed by atoms with Crippen LogP contribution in [0.1, 0.15) is 18.1 Å². The van der Waals surface area contributed by atoms with Crippen LogP contribution in [0.25, 0.3) is 0 Å². The monoisotopic (exact) mass is 258 g/mol. The van der Waals surface area contributed by atoms with Crippen LogP contribution in [0.5, 0.6) is 0 Å². The molecule has 0 saturated carbocycles. The number of hydrogen-bond donors (Lipinski definition) is 0. The number of allylic oxidation sites excluding steroid dienone is 1. The molecule has 0 heterocycles. The summed E-state index contributed by atoms with van der Waals surface area (Å²) in [5.41, 5.74) is 1.33. The highest BCUT2D eigenvalue weighted by atomic mass is 32.2. The second-order valence-electron chi connectivity index (χ2n) is 3.22. The van der Waals surface area contributed by atoms with Crippen LogP contribution >= 0.6 is 11.8 Å². The van der Waals surface area contributed by atoms with Crippen molar-refractivity contribution in [3.8, 4) is 17.9 Å². The number of thioether (sulfide) groups is 1. The number of aliphatic imine (C=N–C) groups is 1. The topological polar surface area (TPSA) is 36.1 Å². The lowest BCUT2D eigenvalue weighted by atomic mass is 10.1. The van der Waals surface area contributed by atoms with Gasteiger partial charge in [0.05, 0.1) is 11.6 Å². The first-order valence-corrected chi connectivity index (χ1v) is 6.42. The summed E-state index contributed by atoms with van der Waals surface area (Å²) >= 11 is 1.49. The Morgan fingerprint density at radius 1 is 1.39 bits per heavy atom. The normalized spacial score (nSPS) is 10.9. The van der Waals surface area contributed by atoms with E-state index in [1.54, 1.807) is 24.6 Å². The van der Waals surface area contributed by atoms with E-state index >= 15 is 0 Å². The molecular weight excluding hydrogens is 247 g/mol. The van der Waals surface area contributed by atoms with Crippen molar-refractivity contribution >= 4 is 18.0 Å². The fourth-order valence-corrected chi connectivity index (χ4v) is 1.55. The average molecular weight is 258 g/mol. The van der Waals surface area contributed by atoms with Crippen LogP contribution in [0, 0.1) is 29.0 Å². The highest BCUT2D eigenvalue weighted by molar-refractivity contribution is 8.01. The van der Waals surface area contributed by atoms with Crippen molar-refractivity contribution in [1.29, 1.82) is 5.26 Å². The van der Waals surface area contributed by atoms with Crippen molar-refractivity contribution in [1.82, 2.24) is 0 Å². The van der Waals surface area contributed by atoms with Crippen LogP contribution in [0.2, 0.25) is 0 Å². The molecule has 0 amide bonds. The maximum absolute atomic E-state index is 13.2. The molecule has 0 bridgehead atoms. The minimum atomic E-state index is -0.465. The molecule has 1 aromatic carbocycles. The van der Waals surface area contributed by atoms with Crippen molar-refractivity contribution in [2.45, 2.75) is 6.92 Å². The molecule has 1 rings (SSSR count). The lowest BCUT2D eigenvalue weighted by Crippen LogP contribution is -1.83. The Morgan fingerprint density at radius 3 is 2.72 bits per heavy atom. The van der Waals surface area contributed by atoms with Crippen LogP contribution in [-0.4, -0.2) is 12.5 Å². The molecule has 0 saturated heterocycles. The molecule has 2 nitrogen and oxygen atoms in total. The number of nitriles is 1. The highest BCUT2D eigenvalue weighted by Crippen LogP contribution is 2.08. The largest absolute Gasteiger partial charge is 0.252 e. The minimum Gasteiger partial charge on any atom is -0.252 e. The van der Waals surface area contributed by atoms with Crippen molar-refractivity contribution in [2.24, 2.45) is 4.99 Å². The van der Waals surface area contributed by atoms with Gasteiger partial charge < -0.3 is 0 Å². The molecule has 0 aromatic heterocycles. The first-order valence-electron chi connectivity index (χ1n) is 5.14. The molecule has 18 heavy (non-hydrogen) atoms. The summed E-state index contributed by atoms with van der Waals surface area (Å²) in [4.78, 5) is 4.08. The van der Waals surface area contributed by atoms with Gasteiger partial charge in [-0.05, 0) is 37.3 Å². The maximum atomic E-state index is 13.2. The summed E-state index contributed by atoms with van der Waals surface area (Å²) in [5, 5.41) is 10.5. The molecule has 0 aliphatic heterocycles.